The van der Waals surface area contributed by atoms with Gasteiger partial charge in [-0.25, -0.2) is 4.68 Å². The van der Waals surface area contributed by atoms with Gasteiger partial charge in [-0.15, -0.1) is 0 Å². The van der Waals surface area contributed by atoms with Gasteiger partial charge in [0.05, 0.1) is 32.4 Å². The molecule has 0 atom stereocenters. The fourth-order valence-electron chi connectivity index (χ4n) is 2.16. The molecule has 2 aromatic rings. The molecule has 1 aromatic heterocycles. The smallest absolute Gasteiger partial charge is 0.271 e. The number of methoxy groups -OCH3 is 2. The van der Waals surface area contributed by atoms with Gasteiger partial charge < -0.3 is 9.47 Å². The Morgan fingerprint density at radius 3 is 2.64 bits per heavy atom. The predicted molar refractivity (Wildman–Crippen MR) is 82.0 cm³/mol. The number of hydrogen-bond acceptors (Lipinski definition) is 5. The SMILES string of the molecule is CCn1nc(-c2ccc(OC)cc2OC)cc(CC#N)c1=O. The minimum absolute atomic E-state index is 0.0484. The van der Waals surface area contributed by atoms with E-state index in [-0.39, 0.29) is 12.0 Å². The highest BCUT2D eigenvalue weighted by atomic mass is 16.5. The zero-order valence-corrected chi connectivity index (χ0v) is 12.8. The third kappa shape index (κ3) is 2.93. The molecule has 0 aliphatic heterocycles. The van der Waals surface area contributed by atoms with Crippen LogP contribution in [0, 0.1) is 11.3 Å². The molecule has 0 fully saturated rings. The Hall–Kier alpha value is -2.81. The lowest BCUT2D eigenvalue weighted by Gasteiger charge is -2.12. The number of benzene rings is 1. The third-order valence-electron chi connectivity index (χ3n) is 3.30. The maximum absolute atomic E-state index is 12.1. The molecule has 0 aliphatic carbocycles. The quantitative estimate of drug-likeness (QED) is 0.844. The number of ether oxygens (including phenoxy) is 2. The lowest BCUT2D eigenvalue weighted by Crippen LogP contribution is -2.25. The lowest BCUT2D eigenvalue weighted by atomic mass is 10.1. The van der Waals surface area contributed by atoms with Gasteiger partial charge in [-0.05, 0) is 25.1 Å². The average molecular weight is 299 g/mol. The van der Waals surface area contributed by atoms with Gasteiger partial charge in [0.2, 0.25) is 0 Å². The van der Waals surface area contributed by atoms with E-state index in [0.717, 1.165) is 5.56 Å². The van der Waals surface area contributed by atoms with E-state index in [9.17, 15) is 4.79 Å². The van der Waals surface area contributed by atoms with E-state index in [1.54, 1.807) is 32.4 Å². The molecule has 6 nitrogen and oxygen atoms in total. The number of aryl methyl sites for hydroxylation is 1. The number of nitrogens with zero attached hydrogens (tertiary/aromatic N) is 3. The normalized spacial score (nSPS) is 10.1. The first-order valence-corrected chi connectivity index (χ1v) is 6.85. The molecule has 0 radical (unpaired) electrons. The first kappa shape index (κ1) is 15.6. The van der Waals surface area contributed by atoms with E-state index < -0.39 is 0 Å². The number of aromatic nitrogens is 2. The summed E-state index contributed by atoms with van der Waals surface area (Å²) in [6, 6.07) is 9.02. The van der Waals surface area contributed by atoms with Crippen LogP contribution in [0.1, 0.15) is 12.5 Å². The fourth-order valence-corrected chi connectivity index (χ4v) is 2.16. The van der Waals surface area contributed by atoms with E-state index >= 15 is 0 Å². The topological polar surface area (TPSA) is 77.1 Å². The van der Waals surface area contributed by atoms with Crippen molar-refractivity contribution in [2.24, 2.45) is 0 Å². The van der Waals surface area contributed by atoms with Crippen molar-refractivity contribution in [2.45, 2.75) is 19.9 Å². The Labute approximate surface area is 128 Å². The molecular formula is C16H17N3O3. The van der Waals surface area contributed by atoms with Gasteiger partial charge in [0, 0.05) is 23.7 Å². The Bertz CT molecular complexity index is 775. The van der Waals surface area contributed by atoms with Crippen molar-refractivity contribution >= 4 is 0 Å². The first-order valence-electron chi connectivity index (χ1n) is 6.85. The molecule has 0 aliphatic rings. The van der Waals surface area contributed by atoms with E-state index in [1.165, 1.54) is 4.68 Å². The number of rotatable bonds is 5. The summed E-state index contributed by atoms with van der Waals surface area (Å²) in [5.41, 5.74) is 1.52. The molecule has 0 bridgehead atoms. The molecule has 0 unspecified atom stereocenters. The van der Waals surface area contributed by atoms with E-state index in [4.69, 9.17) is 14.7 Å². The molecule has 0 amide bonds. The van der Waals surface area contributed by atoms with Crippen LogP contribution in [0.2, 0.25) is 0 Å². The van der Waals surface area contributed by atoms with Crippen LogP contribution in [0.4, 0.5) is 0 Å². The van der Waals surface area contributed by atoms with Gasteiger partial charge in [-0.2, -0.15) is 10.4 Å². The molecule has 6 heteroatoms. The van der Waals surface area contributed by atoms with Gasteiger partial charge in [-0.1, -0.05) is 0 Å². The Morgan fingerprint density at radius 1 is 1.27 bits per heavy atom. The van der Waals surface area contributed by atoms with E-state index in [0.29, 0.717) is 29.3 Å². The summed E-state index contributed by atoms with van der Waals surface area (Å²) in [5.74, 6) is 1.26. The Kier molecular flexibility index (Phi) is 4.79. The van der Waals surface area contributed by atoms with Gasteiger partial charge >= 0.3 is 0 Å². The summed E-state index contributed by atoms with van der Waals surface area (Å²) in [4.78, 5) is 12.1. The second-order valence-corrected chi connectivity index (χ2v) is 4.58. The van der Waals surface area contributed by atoms with Crippen LogP contribution in [0.25, 0.3) is 11.3 Å². The first-order chi connectivity index (χ1) is 10.6. The average Bonchev–Trinajstić information content (AvgIpc) is 2.56. The van der Waals surface area contributed by atoms with Crippen molar-refractivity contribution in [3.05, 3.63) is 40.2 Å². The van der Waals surface area contributed by atoms with Crippen molar-refractivity contribution in [2.75, 3.05) is 14.2 Å². The largest absolute Gasteiger partial charge is 0.497 e. The van der Waals surface area contributed by atoms with Crippen LogP contribution in [0.5, 0.6) is 11.5 Å². The monoisotopic (exact) mass is 299 g/mol. The zero-order chi connectivity index (χ0) is 16.1. The fraction of sp³-hybridized carbons (Fsp3) is 0.312. The second-order valence-electron chi connectivity index (χ2n) is 4.58. The zero-order valence-electron chi connectivity index (χ0n) is 12.8. The molecule has 0 spiro atoms. The molecule has 0 saturated heterocycles. The minimum Gasteiger partial charge on any atom is -0.497 e. The molecule has 0 N–H and O–H groups in total. The summed E-state index contributed by atoms with van der Waals surface area (Å²) in [7, 11) is 3.14. The standard InChI is InChI=1S/C16H17N3O3/c1-4-19-16(20)11(7-8-17)9-14(18-19)13-6-5-12(21-2)10-15(13)22-3/h5-6,9-10H,4,7H2,1-3H3. The van der Waals surface area contributed by atoms with Crippen LogP contribution >= 0.6 is 0 Å². The molecular weight excluding hydrogens is 282 g/mol. The highest BCUT2D eigenvalue weighted by molar-refractivity contribution is 5.68. The number of nitriles is 1. The maximum Gasteiger partial charge on any atom is 0.271 e. The third-order valence-corrected chi connectivity index (χ3v) is 3.30. The van der Waals surface area contributed by atoms with Gasteiger partial charge in [0.25, 0.3) is 5.56 Å². The summed E-state index contributed by atoms with van der Waals surface area (Å²) < 4.78 is 11.9. The van der Waals surface area contributed by atoms with Crippen molar-refractivity contribution < 1.29 is 9.47 Å². The van der Waals surface area contributed by atoms with Crippen molar-refractivity contribution in [1.29, 1.82) is 5.26 Å². The molecule has 0 saturated carbocycles. The van der Waals surface area contributed by atoms with Crippen LogP contribution in [-0.2, 0) is 13.0 Å². The summed E-state index contributed by atoms with van der Waals surface area (Å²) in [6.07, 6.45) is 0.0484. The Balaban J connectivity index is 2.64. The van der Waals surface area contributed by atoms with Gasteiger partial charge in [0.15, 0.2) is 0 Å². The highest BCUT2D eigenvalue weighted by Gasteiger charge is 2.13. The highest BCUT2D eigenvalue weighted by Crippen LogP contribution is 2.32. The van der Waals surface area contributed by atoms with Crippen molar-refractivity contribution in [1.82, 2.24) is 9.78 Å². The van der Waals surface area contributed by atoms with E-state index in [2.05, 4.69) is 5.10 Å². The van der Waals surface area contributed by atoms with Crippen LogP contribution in [0.15, 0.2) is 29.1 Å². The van der Waals surface area contributed by atoms with Crippen LogP contribution in [-0.4, -0.2) is 24.0 Å². The second kappa shape index (κ2) is 6.76. The van der Waals surface area contributed by atoms with Crippen molar-refractivity contribution in [3.8, 4) is 28.8 Å². The lowest BCUT2D eigenvalue weighted by molar-refractivity contribution is 0.395. The molecule has 114 valence electrons. The molecule has 1 aromatic carbocycles. The molecule has 1 heterocycles. The summed E-state index contributed by atoms with van der Waals surface area (Å²) in [6.45, 7) is 2.27. The summed E-state index contributed by atoms with van der Waals surface area (Å²) in [5, 5.41) is 13.2. The van der Waals surface area contributed by atoms with E-state index in [1.807, 2.05) is 19.1 Å². The van der Waals surface area contributed by atoms with Crippen LogP contribution in [0.3, 0.4) is 0 Å². The minimum atomic E-state index is -0.236. The predicted octanol–water partition coefficient (Wildman–Crippen LogP) is 2.01. The molecule has 22 heavy (non-hydrogen) atoms. The maximum atomic E-state index is 12.1. The Morgan fingerprint density at radius 2 is 2.05 bits per heavy atom. The van der Waals surface area contributed by atoms with Gasteiger partial charge in [-0.3, -0.25) is 4.79 Å². The summed E-state index contributed by atoms with van der Waals surface area (Å²) >= 11 is 0. The van der Waals surface area contributed by atoms with Crippen LogP contribution < -0.4 is 15.0 Å². The van der Waals surface area contributed by atoms with Gasteiger partial charge in [0.1, 0.15) is 11.5 Å². The molecule has 2 rings (SSSR count). The van der Waals surface area contributed by atoms with Crippen molar-refractivity contribution in [3.63, 3.8) is 0 Å². The number of hydrogen-bond donors (Lipinski definition) is 0.